The monoisotopic (exact) mass is 704 g/mol. The predicted octanol–water partition coefficient (Wildman–Crippen LogP) is -10.7. The Labute approximate surface area is 301 Å². The van der Waals surface area contributed by atoms with Crippen molar-refractivity contribution >= 4 is 27.2 Å². The van der Waals surface area contributed by atoms with E-state index >= 15 is 0 Å². The molecule has 2 aliphatic rings. The average Bonchev–Trinajstić information content (AvgIpc) is 2.89. The van der Waals surface area contributed by atoms with Crippen LogP contribution in [0.25, 0.3) is 0 Å². The fourth-order valence-corrected chi connectivity index (χ4v) is 2.99. The molecule has 0 radical (unpaired) electrons. The maximum Gasteiger partial charge on any atom is 1.00 e. The molecule has 0 aliphatic carbocycles. The van der Waals surface area contributed by atoms with Crippen LogP contribution in [0.3, 0.4) is 0 Å². The Morgan fingerprint density at radius 2 is 0.955 bits per heavy atom. The largest absolute Gasteiger partial charge is 1.00 e. The zero-order chi connectivity index (χ0) is 33.0. The molecule has 0 amide bonds. The first-order valence-corrected chi connectivity index (χ1v) is 13.9. The number of rotatable bonds is 10. The van der Waals surface area contributed by atoms with E-state index in [0.29, 0.717) is 26.1 Å². The van der Waals surface area contributed by atoms with Crippen LogP contribution in [-0.4, -0.2) is 157 Å². The van der Waals surface area contributed by atoms with Gasteiger partial charge in [-0.1, -0.05) is 0 Å². The van der Waals surface area contributed by atoms with Gasteiger partial charge in [-0.3, -0.25) is 4.79 Å². The first-order valence-electron chi connectivity index (χ1n) is 11.9. The van der Waals surface area contributed by atoms with Crippen molar-refractivity contribution in [2.24, 2.45) is 0 Å². The summed E-state index contributed by atoms with van der Waals surface area (Å²) in [6.45, 7) is 9.58. The van der Waals surface area contributed by atoms with Crippen molar-refractivity contribution in [2.75, 3.05) is 33.5 Å². The third kappa shape index (κ3) is 24.4. The summed E-state index contributed by atoms with van der Waals surface area (Å²) in [5.41, 5.74) is 0. The first-order chi connectivity index (χ1) is 19.5. The van der Waals surface area contributed by atoms with E-state index in [9.17, 15) is 35.4 Å². The van der Waals surface area contributed by atoms with Crippen LogP contribution in [-0.2, 0) is 54.4 Å². The molecule has 0 aromatic carbocycles. The standard InChI is InChI=1S/C11H19O7.C10H19O6.2Na.2O3S/c1-6-8(13)9(14)10(15)11(18-6)17-5-3-4-16-7(2)12;1-6-7(11)8(12)9(13)10(16-6)15-5-3-4-14-2;;;2*1-4(2)3/h6,8-11,13-15H,1,3-5H2,2H3;6-13H,1,3-5H2,2H3;;;;/q2*-1;2*+1;;/t6-,8-,9+,10-,11+;6-,7-,8+,9-,10+;;;;/m11..../s1. The second-order valence-electron chi connectivity index (χ2n) is 8.22. The van der Waals surface area contributed by atoms with E-state index in [1.54, 1.807) is 7.11 Å². The molecule has 19 nitrogen and oxygen atoms in total. The molecule has 0 unspecified atom stereocenters. The number of methoxy groups -OCH3 is 1. The van der Waals surface area contributed by atoms with E-state index < -0.39 is 82.6 Å². The molecule has 0 bridgehead atoms. The third-order valence-corrected chi connectivity index (χ3v) is 4.99. The minimum atomic E-state index is -3.11. The molecule has 2 fully saturated rings. The molecular formula is C21H38Na2O19S2. The summed E-state index contributed by atoms with van der Waals surface area (Å²) in [6, 6.07) is 0. The van der Waals surface area contributed by atoms with Crippen LogP contribution < -0.4 is 59.1 Å². The number of aliphatic hydroxyl groups is 6. The summed E-state index contributed by atoms with van der Waals surface area (Å²) in [5, 5.41) is 56.9. The van der Waals surface area contributed by atoms with Crippen LogP contribution in [0.1, 0.15) is 19.8 Å². The van der Waals surface area contributed by atoms with Gasteiger partial charge in [0.05, 0.1) is 32.0 Å². The van der Waals surface area contributed by atoms with E-state index in [-0.39, 0.29) is 78.3 Å². The first kappa shape index (κ1) is 51.1. The topological polar surface area (TPSA) is 296 Å². The van der Waals surface area contributed by atoms with Crippen LogP contribution in [0.5, 0.6) is 0 Å². The molecule has 0 aromatic rings. The van der Waals surface area contributed by atoms with Gasteiger partial charge < -0.3 is 72.9 Å². The normalized spacial score (nSPS) is 30.5. The molecule has 2 rings (SSSR count). The van der Waals surface area contributed by atoms with Crippen molar-refractivity contribution in [1.29, 1.82) is 0 Å². The van der Waals surface area contributed by atoms with E-state index in [1.807, 2.05) is 0 Å². The number of aliphatic hydroxyl groups excluding tert-OH is 6. The Morgan fingerprint density at radius 1 is 0.636 bits per heavy atom. The Bertz CT molecular complexity index is 914. The molecule has 44 heavy (non-hydrogen) atoms. The molecule has 2 aliphatic heterocycles. The minimum Gasteiger partial charge on any atom is -0.466 e. The summed E-state index contributed by atoms with van der Waals surface area (Å²) in [7, 11) is -4.64. The van der Waals surface area contributed by atoms with Crippen LogP contribution >= 0.6 is 0 Å². The molecular weight excluding hydrogens is 666 g/mol. The molecule has 2 heterocycles. The van der Waals surface area contributed by atoms with Crippen molar-refractivity contribution in [3.63, 3.8) is 0 Å². The number of ether oxygens (including phenoxy) is 6. The molecule has 0 spiro atoms. The Hall–Kier alpha value is 0.270. The summed E-state index contributed by atoms with van der Waals surface area (Å²) < 4.78 is 80.8. The molecule has 23 heteroatoms. The minimum absolute atomic E-state index is 0. The summed E-state index contributed by atoms with van der Waals surface area (Å²) in [6.07, 6.45) is -10.3. The van der Waals surface area contributed by atoms with Gasteiger partial charge in [0.25, 0.3) is 0 Å². The smallest absolute Gasteiger partial charge is 0.466 e. The fourth-order valence-electron chi connectivity index (χ4n) is 2.99. The predicted molar refractivity (Wildman–Crippen MR) is 133 cm³/mol. The van der Waals surface area contributed by atoms with Crippen molar-refractivity contribution in [3.05, 3.63) is 13.8 Å². The number of hydrogen-bond acceptors (Lipinski definition) is 19. The number of carbonyl (C=O) groups excluding carboxylic acids is 1. The third-order valence-electron chi connectivity index (χ3n) is 4.99. The molecule has 2 saturated heterocycles. The maximum absolute atomic E-state index is 10.5. The van der Waals surface area contributed by atoms with Crippen molar-refractivity contribution in [1.82, 2.24) is 0 Å². The summed E-state index contributed by atoms with van der Waals surface area (Å²) in [4.78, 5) is 10.5. The second kappa shape index (κ2) is 29.4. The maximum atomic E-state index is 10.5. The fraction of sp³-hybridized carbons (Fsp3) is 0.857. The van der Waals surface area contributed by atoms with Gasteiger partial charge in [-0.05, 0) is 18.6 Å². The molecule has 250 valence electrons. The van der Waals surface area contributed by atoms with Crippen LogP contribution in [0, 0.1) is 13.8 Å². The van der Waals surface area contributed by atoms with Crippen molar-refractivity contribution in [3.8, 4) is 0 Å². The Balaban J connectivity index is -0.000000283. The van der Waals surface area contributed by atoms with E-state index in [2.05, 4.69) is 13.8 Å². The van der Waals surface area contributed by atoms with Gasteiger partial charge in [-0.25, -0.2) is 0 Å². The SMILES string of the molecule is O=S(=O)=O.O=S(=O)=O.[CH2-][C@H]1O[C@H](OCCCOC(C)=O)[C@H](O)[C@@H](O)[C@@H]1O.[CH2-][C@H]1O[C@H](OCCCOC)[C@H](O)[C@@H](O)[C@@H]1O.[Na+].[Na+]. The Kier molecular flexibility index (Phi) is 34.2. The molecule has 0 saturated carbocycles. The number of carbonyl (C=O) groups is 1. The van der Waals surface area contributed by atoms with Crippen LogP contribution in [0.2, 0.25) is 0 Å². The van der Waals surface area contributed by atoms with E-state index in [4.69, 9.17) is 53.7 Å². The number of hydrogen-bond donors (Lipinski definition) is 6. The average molecular weight is 705 g/mol. The summed E-state index contributed by atoms with van der Waals surface area (Å²) in [5.74, 6) is -0.375. The molecule has 0 aromatic heterocycles. The van der Waals surface area contributed by atoms with Gasteiger partial charge in [-0.15, -0.1) is 25.3 Å². The Morgan fingerprint density at radius 3 is 1.25 bits per heavy atom. The van der Waals surface area contributed by atoms with Gasteiger partial charge in [0.2, 0.25) is 0 Å². The molecule has 10 atom stereocenters. The van der Waals surface area contributed by atoms with Gasteiger partial charge in [-0.2, -0.15) is 0 Å². The number of esters is 1. The zero-order valence-electron chi connectivity index (χ0n) is 24.7. The molecule has 6 N–H and O–H groups in total. The second-order valence-corrected chi connectivity index (χ2v) is 9.04. The van der Waals surface area contributed by atoms with Gasteiger partial charge in [0.1, 0.15) is 24.4 Å². The van der Waals surface area contributed by atoms with Gasteiger partial charge in [0.15, 0.2) is 12.6 Å². The van der Waals surface area contributed by atoms with E-state index in [1.165, 1.54) is 6.92 Å². The van der Waals surface area contributed by atoms with Gasteiger partial charge in [0, 0.05) is 27.1 Å². The van der Waals surface area contributed by atoms with Crippen molar-refractivity contribution < 1.29 is 148 Å². The van der Waals surface area contributed by atoms with Crippen LogP contribution in [0.4, 0.5) is 0 Å². The zero-order valence-corrected chi connectivity index (χ0v) is 30.4. The van der Waals surface area contributed by atoms with E-state index in [0.717, 1.165) is 0 Å². The van der Waals surface area contributed by atoms with Crippen molar-refractivity contribution in [2.45, 2.75) is 81.2 Å². The van der Waals surface area contributed by atoms with Gasteiger partial charge >= 0.3 is 86.3 Å². The van der Waals surface area contributed by atoms with Crippen LogP contribution in [0.15, 0.2) is 0 Å². The summed E-state index contributed by atoms with van der Waals surface area (Å²) >= 11 is 0. The quantitative estimate of drug-likeness (QED) is 0.0532.